The summed E-state index contributed by atoms with van der Waals surface area (Å²) in [6.45, 7) is 21.8. The summed E-state index contributed by atoms with van der Waals surface area (Å²) in [6, 6.07) is 0. The van der Waals surface area contributed by atoms with E-state index >= 15 is 0 Å². The van der Waals surface area contributed by atoms with Gasteiger partial charge in [0.05, 0.1) is 35.0 Å². The predicted molar refractivity (Wildman–Crippen MR) is 106 cm³/mol. The first-order valence-corrected chi connectivity index (χ1v) is 13.3. The second-order valence-corrected chi connectivity index (χ2v) is 14.9. The van der Waals surface area contributed by atoms with E-state index in [1.165, 1.54) is 25.4 Å². The zero-order valence-electron chi connectivity index (χ0n) is 15.3. The number of halogens is 1. The molecule has 0 amide bonds. The average Bonchev–Trinajstić information content (AvgIpc) is 2.38. The summed E-state index contributed by atoms with van der Waals surface area (Å²) in [5.74, 6) is 0. The van der Waals surface area contributed by atoms with Gasteiger partial charge in [0.2, 0.25) is 0 Å². The fourth-order valence-corrected chi connectivity index (χ4v) is 8.99. The van der Waals surface area contributed by atoms with Crippen LogP contribution < -0.4 is 5.32 Å². The third-order valence-corrected chi connectivity index (χ3v) is 11.7. The van der Waals surface area contributed by atoms with Crippen LogP contribution in [0.5, 0.6) is 0 Å². The van der Waals surface area contributed by atoms with Crippen molar-refractivity contribution in [3.05, 3.63) is 0 Å². The summed E-state index contributed by atoms with van der Waals surface area (Å²) in [5, 5.41) is 3.72. The normalized spacial score (nSPS) is 12.0. The topological polar surface area (TPSA) is 12.0 Å². The van der Waals surface area contributed by atoms with Crippen LogP contribution in [0.25, 0.3) is 0 Å². The summed E-state index contributed by atoms with van der Waals surface area (Å²) in [4.78, 5) is 0. The maximum atomic E-state index is 4.20. The Morgan fingerprint density at radius 1 is 0.667 bits per heavy atom. The van der Waals surface area contributed by atoms with Gasteiger partial charge < -0.3 is 5.32 Å². The Kier molecular flexibility index (Phi) is 18.0. The van der Waals surface area contributed by atoms with Crippen molar-refractivity contribution in [2.75, 3.05) is 25.4 Å². The summed E-state index contributed by atoms with van der Waals surface area (Å²) in [5.41, 5.74) is 3.66. The van der Waals surface area contributed by atoms with Crippen LogP contribution in [-0.4, -0.2) is 48.0 Å². The monoisotopic (exact) mass is 405 g/mol. The van der Waals surface area contributed by atoms with Crippen LogP contribution in [-0.2, 0) is 15.1 Å². The van der Waals surface area contributed by atoms with Crippen molar-refractivity contribution in [2.24, 2.45) is 0 Å². The SMILES string of the molecule is CC(C)[PH+](CCNCC[PH+](C(C)C)C(C)C)C(C)C.[Cl][Cu+]. The van der Waals surface area contributed by atoms with Gasteiger partial charge in [0, 0.05) is 28.9 Å². The van der Waals surface area contributed by atoms with Crippen molar-refractivity contribution in [1.29, 1.82) is 0 Å². The molecule has 1 N–H and O–H groups in total. The zero-order valence-corrected chi connectivity index (χ0v) is 19.0. The first-order chi connectivity index (χ1) is 9.77. The van der Waals surface area contributed by atoms with E-state index in [1.54, 1.807) is 0 Å². The first-order valence-electron chi connectivity index (χ1n) is 8.30. The van der Waals surface area contributed by atoms with Gasteiger partial charge in [0.1, 0.15) is 0 Å². The Morgan fingerprint density at radius 3 is 1.10 bits per heavy atom. The minimum absolute atomic E-state index is 0.166. The van der Waals surface area contributed by atoms with Crippen molar-refractivity contribution in [2.45, 2.75) is 78.0 Å². The molecule has 0 rings (SSSR count). The molecule has 0 bridgehead atoms. The van der Waals surface area contributed by atoms with E-state index in [-0.39, 0.29) is 15.8 Å². The molecular weight excluding hydrogens is 367 g/mol. The fourth-order valence-electron chi connectivity index (χ4n) is 3.08. The van der Waals surface area contributed by atoms with Crippen LogP contribution >= 0.6 is 25.9 Å². The molecule has 5 heteroatoms. The molecule has 0 saturated heterocycles. The molecule has 133 valence electrons. The minimum atomic E-state index is -0.166. The van der Waals surface area contributed by atoms with Gasteiger partial charge in [0.15, 0.2) is 0 Å². The molecule has 1 nitrogen and oxygen atoms in total. The number of hydrogen-bond acceptors (Lipinski definition) is 1. The van der Waals surface area contributed by atoms with Gasteiger partial charge in [-0.05, 0) is 55.4 Å². The van der Waals surface area contributed by atoms with E-state index in [4.69, 9.17) is 0 Å². The first kappa shape index (κ1) is 24.9. The summed E-state index contributed by atoms with van der Waals surface area (Å²) in [7, 11) is 3.87. The molecule has 0 aromatic carbocycles. The van der Waals surface area contributed by atoms with E-state index in [2.05, 4.69) is 85.9 Å². The van der Waals surface area contributed by atoms with E-state index in [0.29, 0.717) is 0 Å². The summed E-state index contributed by atoms with van der Waals surface area (Å²) < 4.78 is 0. The Morgan fingerprint density at radius 2 is 0.905 bits per heavy atom. The molecule has 0 aromatic rings. The number of nitrogens with one attached hydrogen (secondary N) is 1. The molecule has 0 radical (unpaired) electrons. The Labute approximate surface area is 149 Å². The van der Waals surface area contributed by atoms with Crippen LogP contribution in [0.1, 0.15) is 55.4 Å². The van der Waals surface area contributed by atoms with Gasteiger partial charge in [-0.15, -0.1) is 0 Å². The van der Waals surface area contributed by atoms with Crippen LogP contribution in [0, 0.1) is 0 Å². The Balaban J connectivity index is 0. The van der Waals surface area contributed by atoms with Crippen molar-refractivity contribution in [3.63, 3.8) is 0 Å². The van der Waals surface area contributed by atoms with Gasteiger partial charge in [-0.25, -0.2) is 0 Å². The molecule has 0 unspecified atom stereocenters. The third-order valence-electron chi connectivity index (χ3n) is 4.15. The van der Waals surface area contributed by atoms with Crippen molar-refractivity contribution >= 4 is 25.9 Å². The molecule has 0 heterocycles. The van der Waals surface area contributed by atoms with Crippen molar-refractivity contribution < 1.29 is 15.1 Å². The van der Waals surface area contributed by atoms with Gasteiger partial charge >= 0.3 is 25.2 Å². The van der Waals surface area contributed by atoms with E-state index < -0.39 is 0 Å². The van der Waals surface area contributed by atoms with E-state index in [1.807, 2.05) is 0 Å². The molecule has 0 aromatic heterocycles. The summed E-state index contributed by atoms with van der Waals surface area (Å²) >= 11 is 3.66. The summed E-state index contributed by atoms with van der Waals surface area (Å²) in [6.07, 6.45) is 2.87. The quantitative estimate of drug-likeness (QED) is 0.294. The van der Waals surface area contributed by atoms with Gasteiger partial charge in [-0.1, -0.05) is 0 Å². The Bertz CT molecular complexity index is 188. The van der Waals surface area contributed by atoms with Gasteiger partial charge in [0.25, 0.3) is 0 Å². The molecule has 0 fully saturated rings. The number of rotatable bonds is 10. The van der Waals surface area contributed by atoms with Crippen LogP contribution in [0.2, 0.25) is 0 Å². The van der Waals surface area contributed by atoms with Gasteiger partial charge in [-0.2, -0.15) is 0 Å². The average molecular weight is 406 g/mol. The predicted octanol–water partition coefficient (Wildman–Crippen LogP) is 5.33. The molecule has 0 spiro atoms. The molecule has 0 atom stereocenters. The molecule has 0 aliphatic carbocycles. The van der Waals surface area contributed by atoms with Crippen LogP contribution in [0.3, 0.4) is 0 Å². The van der Waals surface area contributed by atoms with Crippen molar-refractivity contribution in [3.8, 4) is 0 Å². The second-order valence-electron chi connectivity index (χ2n) is 7.02. The van der Waals surface area contributed by atoms with E-state index in [9.17, 15) is 0 Å². The molecule has 0 aliphatic rings. The zero-order chi connectivity index (χ0) is 17.0. The standard InChI is InChI=1S/C16H37NP2.ClH.Cu/c1-13(2)18(14(3)4)11-9-17-10-12-19(15(5)6)16(7)8;;/h13-17H,9-12H2,1-8H3;1H;/q;;+2/p+1. The molecule has 21 heavy (non-hydrogen) atoms. The van der Waals surface area contributed by atoms with E-state index in [0.717, 1.165) is 22.6 Å². The molecule has 0 aliphatic heterocycles. The molecule has 0 saturated carbocycles. The third kappa shape index (κ3) is 12.7. The number of hydrogen-bond donors (Lipinski definition) is 1. The second kappa shape index (κ2) is 15.2. The van der Waals surface area contributed by atoms with Crippen LogP contribution in [0.4, 0.5) is 0 Å². The fraction of sp³-hybridized carbons (Fsp3) is 1.00. The van der Waals surface area contributed by atoms with Crippen LogP contribution in [0.15, 0.2) is 0 Å². The van der Waals surface area contributed by atoms with Crippen molar-refractivity contribution in [1.82, 2.24) is 5.32 Å². The molecular formula is C16H39ClCuNP2+3. The Hall–Kier alpha value is 1.63. The van der Waals surface area contributed by atoms with Gasteiger partial charge in [-0.3, -0.25) is 0 Å². The maximum absolute atomic E-state index is 4.20.